The maximum absolute atomic E-state index is 2.79. The number of rotatable bonds is 29. The first-order valence-corrected chi connectivity index (χ1v) is 31.9. The van der Waals surface area contributed by atoms with Crippen LogP contribution >= 0.6 is 0 Å². The van der Waals surface area contributed by atoms with Gasteiger partial charge in [0, 0.05) is 44.5 Å². The Bertz CT molecular complexity index is 3190. The van der Waals surface area contributed by atoms with Crippen molar-refractivity contribution in [1.82, 2.24) is 4.57 Å². The Morgan fingerprint density at radius 2 is 0.949 bits per heavy atom. The Morgan fingerprint density at radius 1 is 0.430 bits per heavy atom. The van der Waals surface area contributed by atoms with E-state index in [9.17, 15) is 0 Å². The molecule has 0 saturated carbocycles. The molecule has 1 aliphatic carbocycles. The molecule has 8 aromatic rings. The lowest BCUT2D eigenvalue weighted by atomic mass is 9.70. The predicted molar refractivity (Wildman–Crippen MR) is 347 cm³/mol. The van der Waals surface area contributed by atoms with Crippen LogP contribution in [0, 0.1) is 13.8 Å². The van der Waals surface area contributed by atoms with Crippen LogP contribution in [-0.2, 0) is 23.7 Å². The molecule has 1 aliphatic rings. The molecule has 9 rings (SSSR count). The first kappa shape index (κ1) is 57.8. The van der Waals surface area contributed by atoms with E-state index in [-0.39, 0.29) is 10.8 Å². The second kappa shape index (κ2) is 27.1. The number of aryl methyl sites for hydroxylation is 4. The van der Waals surface area contributed by atoms with Gasteiger partial charge in [0.05, 0.1) is 11.0 Å². The minimum absolute atomic E-state index is 0.00995. The number of hydrogen-bond acceptors (Lipinski definition) is 1. The lowest BCUT2D eigenvalue weighted by Crippen LogP contribution is -2.25. The van der Waals surface area contributed by atoms with Gasteiger partial charge in [-0.1, -0.05) is 260 Å². The van der Waals surface area contributed by atoms with Gasteiger partial charge in [0.2, 0.25) is 0 Å². The first-order chi connectivity index (χ1) is 38.5. The van der Waals surface area contributed by atoms with Crippen molar-refractivity contribution in [3.63, 3.8) is 0 Å². The van der Waals surface area contributed by atoms with Gasteiger partial charge < -0.3 is 9.47 Å². The molecule has 7 aromatic carbocycles. The smallest absolute Gasteiger partial charge is 0.0622 e. The Hall–Kier alpha value is -5.86. The minimum Gasteiger partial charge on any atom is -0.311 e. The van der Waals surface area contributed by atoms with Crippen LogP contribution in [0.5, 0.6) is 0 Å². The molecule has 0 spiro atoms. The average molecular weight is 1050 g/mol. The van der Waals surface area contributed by atoms with Crippen molar-refractivity contribution in [2.24, 2.45) is 0 Å². The SMILES string of the molecule is CCCCCCCCC1(CCCCCCCC)c2cc(C)ccc2-c2c1ccc1c3ccccc3n(-c3cc(CCCCCC)c(-c4ccc(N(c5ccc(C)cc5)c5ccc(C(C)(C)C)cc5)cc4)cc3CCCCCC)c21. The molecular formula is C77H98N2. The molecule has 0 atom stereocenters. The standard InChI is InChI=1S/C77H98N2/c1-10-14-18-22-24-30-52-77(53-31-25-23-19-15-11-2)70-51-50-67-66-34-28-29-35-72(66)79(75(67)74(70)68-49-38-58(6)54-71(68)77)73-56-60(32-26-20-16-12-3)69(55-61(73)33-27-21-17-13-4)59-39-45-64(46-40-59)78(63-43-36-57(5)37-44-63)65-47-41-62(42-48-65)76(7,8)9/h28-29,34-51,54-56H,10-27,30-33,52-53H2,1-9H3. The molecule has 0 saturated heterocycles. The van der Waals surface area contributed by atoms with Crippen LogP contribution in [-0.4, -0.2) is 4.57 Å². The average Bonchev–Trinajstić information content (AvgIpc) is 4.18. The summed E-state index contributed by atoms with van der Waals surface area (Å²) in [6, 6.07) is 55.4. The number of para-hydroxylation sites is 1. The zero-order valence-corrected chi connectivity index (χ0v) is 50.6. The number of unbranched alkanes of at least 4 members (excludes halogenated alkanes) is 16. The van der Waals surface area contributed by atoms with Crippen molar-refractivity contribution in [1.29, 1.82) is 0 Å². The summed E-state index contributed by atoms with van der Waals surface area (Å²) in [7, 11) is 0. The van der Waals surface area contributed by atoms with Crippen molar-refractivity contribution in [2.45, 2.75) is 227 Å². The molecule has 0 unspecified atom stereocenters. The molecule has 0 aliphatic heterocycles. The van der Waals surface area contributed by atoms with Crippen molar-refractivity contribution in [3.05, 3.63) is 178 Å². The number of nitrogens with zero attached hydrogens (tertiary/aromatic N) is 2. The predicted octanol–water partition coefficient (Wildman–Crippen LogP) is 23.8. The summed E-state index contributed by atoms with van der Waals surface area (Å²) in [6.07, 6.45) is 30.4. The van der Waals surface area contributed by atoms with E-state index in [1.165, 1.54) is 236 Å². The molecule has 1 heterocycles. The van der Waals surface area contributed by atoms with Crippen molar-refractivity contribution >= 4 is 38.9 Å². The fraction of sp³-hybridized carbons (Fsp3) is 0.455. The maximum Gasteiger partial charge on any atom is 0.0622 e. The molecule has 0 amide bonds. The van der Waals surface area contributed by atoms with E-state index in [1.807, 2.05) is 0 Å². The highest BCUT2D eigenvalue weighted by Crippen LogP contribution is 2.58. The van der Waals surface area contributed by atoms with Crippen LogP contribution in [0.4, 0.5) is 17.1 Å². The number of fused-ring (bicyclic) bond motifs is 7. The fourth-order valence-electron chi connectivity index (χ4n) is 13.6. The molecular weight excluding hydrogens is 953 g/mol. The maximum atomic E-state index is 2.79. The summed E-state index contributed by atoms with van der Waals surface area (Å²) < 4.78 is 2.79. The Morgan fingerprint density at radius 3 is 1.54 bits per heavy atom. The number of aromatic nitrogens is 1. The topological polar surface area (TPSA) is 8.17 Å². The van der Waals surface area contributed by atoms with Crippen LogP contribution in [0.25, 0.3) is 49.7 Å². The molecule has 1 aromatic heterocycles. The van der Waals surface area contributed by atoms with Gasteiger partial charge in [-0.3, -0.25) is 0 Å². The van der Waals surface area contributed by atoms with Gasteiger partial charge in [-0.2, -0.15) is 0 Å². The van der Waals surface area contributed by atoms with Crippen LogP contribution in [0.2, 0.25) is 0 Å². The van der Waals surface area contributed by atoms with E-state index >= 15 is 0 Å². The highest BCUT2D eigenvalue weighted by Gasteiger charge is 2.44. The van der Waals surface area contributed by atoms with Gasteiger partial charge >= 0.3 is 0 Å². The van der Waals surface area contributed by atoms with Gasteiger partial charge in [0.25, 0.3) is 0 Å². The third-order valence-electron chi connectivity index (χ3n) is 18.1. The molecule has 0 radical (unpaired) electrons. The third-order valence-corrected chi connectivity index (χ3v) is 18.1. The van der Waals surface area contributed by atoms with Crippen LogP contribution in [0.3, 0.4) is 0 Å². The van der Waals surface area contributed by atoms with E-state index in [1.54, 1.807) is 11.1 Å². The van der Waals surface area contributed by atoms with E-state index < -0.39 is 0 Å². The van der Waals surface area contributed by atoms with Crippen molar-refractivity contribution in [3.8, 4) is 27.9 Å². The molecule has 0 bridgehead atoms. The second-order valence-electron chi connectivity index (χ2n) is 25.2. The number of anilines is 3. The summed E-state index contributed by atoms with van der Waals surface area (Å²) in [6.45, 7) is 20.8. The van der Waals surface area contributed by atoms with E-state index in [0.29, 0.717) is 0 Å². The van der Waals surface area contributed by atoms with E-state index in [4.69, 9.17) is 0 Å². The van der Waals surface area contributed by atoms with Gasteiger partial charge in [-0.15, -0.1) is 0 Å². The lowest BCUT2D eigenvalue weighted by Gasteiger charge is -2.33. The van der Waals surface area contributed by atoms with E-state index in [0.717, 1.165) is 12.8 Å². The van der Waals surface area contributed by atoms with Crippen LogP contribution in [0.1, 0.15) is 229 Å². The number of hydrogen-bond donors (Lipinski definition) is 0. The molecule has 0 N–H and O–H groups in total. The molecule has 2 nitrogen and oxygen atoms in total. The minimum atomic E-state index is 0.00995. The highest BCUT2D eigenvalue weighted by atomic mass is 15.1. The fourth-order valence-corrected chi connectivity index (χ4v) is 13.6. The van der Waals surface area contributed by atoms with Crippen LogP contribution in [0.15, 0.2) is 140 Å². The zero-order chi connectivity index (χ0) is 55.4. The summed E-state index contributed by atoms with van der Waals surface area (Å²) in [4.78, 5) is 2.43. The third kappa shape index (κ3) is 13.0. The number of benzene rings is 7. The quantitative estimate of drug-likeness (QED) is 0.0424. The van der Waals surface area contributed by atoms with Gasteiger partial charge in [0.15, 0.2) is 0 Å². The highest BCUT2D eigenvalue weighted by molar-refractivity contribution is 6.16. The normalized spacial score (nSPS) is 12.9. The first-order valence-electron chi connectivity index (χ1n) is 31.9. The van der Waals surface area contributed by atoms with Crippen LogP contribution < -0.4 is 4.90 Å². The Labute approximate surface area is 479 Å². The summed E-state index contributed by atoms with van der Waals surface area (Å²) >= 11 is 0. The summed E-state index contributed by atoms with van der Waals surface area (Å²) in [5, 5.41) is 2.76. The lowest BCUT2D eigenvalue weighted by molar-refractivity contribution is 0.398. The molecule has 0 fully saturated rings. The molecule has 416 valence electrons. The van der Waals surface area contributed by atoms with Crippen molar-refractivity contribution < 1.29 is 0 Å². The summed E-state index contributed by atoms with van der Waals surface area (Å²) in [5.74, 6) is 0. The van der Waals surface area contributed by atoms with E-state index in [2.05, 4.69) is 211 Å². The zero-order valence-electron chi connectivity index (χ0n) is 50.6. The molecule has 2 heteroatoms. The Kier molecular flexibility index (Phi) is 19.8. The largest absolute Gasteiger partial charge is 0.311 e. The van der Waals surface area contributed by atoms with Crippen molar-refractivity contribution in [2.75, 3.05) is 4.90 Å². The monoisotopic (exact) mass is 1050 g/mol. The van der Waals surface area contributed by atoms with Gasteiger partial charge in [-0.05, 0) is 157 Å². The molecule has 79 heavy (non-hydrogen) atoms. The second-order valence-corrected chi connectivity index (χ2v) is 25.2. The Balaban J connectivity index is 1.23. The van der Waals surface area contributed by atoms with Gasteiger partial charge in [-0.25, -0.2) is 0 Å². The summed E-state index contributed by atoms with van der Waals surface area (Å²) in [5.41, 5.74) is 23.6. The van der Waals surface area contributed by atoms with Gasteiger partial charge in [0.1, 0.15) is 0 Å².